The smallest absolute Gasteiger partial charge is 0.220 e. The molecule has 7 heteroatoms. The molecule has 1 aliphatic rings. The summed E-state index contributed by atoms with van der Waals surface area (Å²) < 4.78 is 11.9. The molecule has 0 saturated carbocycles. The third-order valence-corrected chi connectivity index (χ3v) is 6.07. The lowest BCUT2D eigenvalue weighted by molar-refractivity contribution is -0.121. The van der Waals surface area contributed by atoms with Gasteiger partial charge in [0.2, 0.25) is 5.91 Å². The van der Waals surface area contributed by atoms with Crippen LogP contribution in [-0.2, 0) is 15.6 Å². The Morgan fingerprint density at radius 3 is 2.39 bits per heavy atom. The second-order valence-corrected chi connectivity index (χ2v) is 9.27. The third kappa shape index (κ3) is 6.89. The van der Waals surface area contributed by atoms with Gasteiger partial charge in [0.1, 0.15) is 0 Å². The van der Waals surface area contributed by atoms with E-state index in [1.807, 2.05) is 20.8 Å². The number of carbonyl (C=O) groups is 1. The van der Waals surface area contributed by atoms with E-state index in [1.165, 1.54) is 0 Å². The van der Waals surface area contributed by atoms with E-state index in [2.05, 4.69) is 20.5 Å². The van der Waals surface area contributed by atoms with Crippen molar-refractivity contribution in [2.45, 2.75) is 44.8 Å². The lowest BCUT2D eigenvalue weighted by atomic mass is 9.93. The van der Waals surface area contributed by atoms with Crippen LogP contribution in [0.1, 0.15) is 40.0 Å². The molecule has 1 heterocycles. The molecule has 0 aromatic carbocycles. The zero-order valence-corrected chi connectivity index (χ0v) is 16.0. The average molecular weight is 345 g/mol. The monoisotopic (exact) mass is 344 g/mol. The van der Waals surface area contributed by atoms with Crippen molar-refractivity contribution < 1.29 is 9.00 Å². The summed E-state index contributed by atoms with van der Waals surface area (Å²) >= 11 is 0. The molecule has 1 saturated heterocycles. The lowest BCUT2D eigenvalue weighted by Gasteiger charge is -2.34. The fourth-order valence-electron chi connectivity index (χ4n) is 2.61. The maximum Gasteiger partial charge on any atom is 0.220 e. The van der Waals surface area contributed by atoms with Crippen molar-refractivity contribution in [3.05, 3.63) is 0 Å². The number of hydrogen-bond donors (Lipinski definition) is 2. The molecule has 0 radical (unpaired) electrons. The van der Waals surface area contributed by atoms with Crippen molar-refractivity contribution in [2.24, 2.45) is 10.9 Å². The van der Waals surface area contributed by atoms with Crippen LogP contribution in [0.2, 0.25) is 0 Å². The van der Waals surface area contributed by atoms with Crippen LogP contribution in [0, 0.1) is 5.92 Å². The summed E-state index contributed by atoms with van der Waals surface area (Å²) in [5.41, 5.74) is 0. The number of amides is 1. The summed E-state index contributed by atoms with van der Waals surface area (Å²) in [5, 5.41) is 6.00. The third-order valence-electron chi connectivity index (χ3n) is 4.13. The minimum Gasteiger partial charge on any atom is -0.359 e. The highest BCUT2D eigenvalue weighted by molar-refractivity contribution is 7.86. The molecule has 0 spiro atoms. The van der Waals surface area contributed by atoms with Gasteiger partial charge in [-0.25, -0.2) is 0 Å². The SMILES string of the molecule is CN=C(NCCS(=O)C(C)(C)C)N1CCC(CC(=O)NC)CC1. The summed E-state index contributed by atoms with van der Waals surface area (Å²) in [4.78, 5) is 18.0. The Morgan fingerprint density at radius 2 is 1.91 bits per heavy atom. The predicted molar refractivity (Wildman–Crippen MR) is 97.1 cm³/mol. The van der Waals surface area contributed by atoms with Crippen molar-refractivity contribution in [3.8, 4) is 0 Å². The number of likely N-dealkylation sites (tertiary alicyclic amines) is 1. The van der Waals surface area contributed by atoms with E-state index in [-0.39, 0.29) is 10.7 Å². The fraction of sp³-hybridized carbons (Fsp3) is 0.875. The van der Waals surface area contributed by atoms with Gasteiger partial charge in [-0.3, -0.25) is 14.0 Å². The van der Waals surface area contributed by atoms with Crippen LogP contribution in [-0.4, -0.2) is 65.2 Å². The maximum atomic E-state index is 12.1. The van der Waals surface area contributed by atoms with Crippen LogP contribution in [0.5, 0.6) is 0 Å². The number of guanidine groups is 1. The molecule has 2 N–H and O–H groups in total. The van der Waals surface area contributed by atoms with Gasteiger partial charge in [0.15, 0.2) is 5.96 Å². The molecule has 0 aromatic rings. The Labute approximate surface area is 142 Å². The largest absolute Gasteiger partial charge is 0.359 e. The van der Waals surface area contributed by atoms with E-state index < -0.39 is 10.8 Å². The van der Waals surface area contributed by atoms with Crippen molar-refractivity contribution in [3.63, 3.8) is 0 Å². The summed E-state index contributed by atoms with van der Waals surface area (Å²) in [5.74, 6) is 2.07. The predicted octanol–water partition coefficient (Wildman–Crippen LogP) is 0.957. The van der Waals surface area contributed by atoms with E-state index in [4.69, 9.17) is 0 Å². The Hall–Kier alpha value is -1.11. The second-order valence-electron chi connectivity index (χ2n) is 6.94. The first-order valence-electron chi connectivity index (χ1n) is 8.32. The first-order chi connectivity index (χ1) is 10.8. The molecule has 1 amide bonds. The molecule has 0 bridgehead atoms. The van der Waals surface area contributed by atoms with Crippen molar-refractivity contribution in [1.29, 1.82) is 0 Å². The van der Waals surface area contributed by atoms with Gasteiger partial charge in [-0.1, -0.05) is 0 Å². The van der Waals surface area contributed by atoms with Gasteiger partial charge in [-0.2, -0.15) is 0 Å². The van der Waals surface area contributed by atoms with Crippen LogP contribution in [0.15, 0.2) is 4.99 Å². The van der Waals surface area contributed by atoms with Crippen molar-refractivity contribution >= 4 is 22.7 Å². The Morgan fingerprint density at radius 1 is 1.30 bits per heavy atom. The van der Waals surface area contributed by atoms with Gasteiger partial charge >= 0.3 is 0 Å². The van der Waals surface area contributed by atoms with Crippen molar-refractivity contribution in [2.75, 3.05) is 39.5 Å². The van der Waals surface area contributed by atoms with E-state index in [9.17, 15) is 9.00 Å². The molecule has 134 valence electrons. The van der Waals surface area contributed by atoms with Crippen LogP contribution < -0.4 is 10.6 Å². The Bertz CT molecular complexity index is 438. The van der Waals surface area contributed by atoms with Gasteiger partial charge in [-0.05, 0) is 39.5 Å². The number of hydrogen-bond acceptors (Lipinski definition) is 3. The van der Waals surface area contributed by atoms with Crippen LogP contribution in [0.4, 0.5) is 0 Å². The number of carbonyl (C=O) groups excluding carboxylic acids is 1. The van der Waals surface area contributed by atoms with Gasteiger partial charge in [-0.15, -0.1) is 0 Å². The summed E-state index contributed by atoms with van der Waals surface area (Å²) in [6.45, 7) is 8.46. The molecule has 0 aromatic heterocycles. The Balaban J connectivity index is 2.37. The van der Waals surface area contributed by atoms with E-state index >= 15 is 0 Å². The van der Waals surface area contributed by atoms with E-state index in [0.29, 0.717) is 24.6 Å². The minimum atomic E-state index is -0.855. The quantitative estimate of drug-likeness (QED) is 0.575. The summed E-state index contributed by atoms with van der Waals surface area (Å²) in [6.07, 6.45) is 2.62. The minimum absolute atomic E-state index is 0.121. The van der Waals surface area contributed by atoms with Crippen LogP contribution in [0.25, 0.3) is 0 Å². The van der Waals surface area contributed by atoms with Gasteiger partial charge in [0.05, 0.1) is 0 Å². The number of nitrogens with zero attached hydrogens (tertiary/aromatic N) is 2. The topological polar surface area (TPSA) is 73.8 Å². The van der Waals surface area contributed by atoms with Crippen molar-refractivity contribution in [1.82, 2.24) is 15.5 Å². The number of nitrogens with one attached hydrogen (secondary N) is 2. The van der Waals surface area contributed by atoms with Crippen LogP contribution in [0.3, 0.4) is 0 Å². The molecule has 1 rings (SSSR count). The molecule has 0 aliphatic carbocycles. The molecule has 1 unspecified atom stereocenters. The molecular formula is C16H32N4O2S. The number of aliphatic imine (C=N–C) groups is 1. The van der Waals surface area contributed by atoms with E-state index in [1.54, 1.807) is 14.1 Å². The van der Waals surface area contributed by atoms with E-state index in [0.717, 1.165) is 31.9 Å². The highest BCUT2D eigenvalue weighted by Crippen LogP contribution is 2.20. The molecule has 1 aliphatic heterocycles. The highest BCUT2D eigenvalue weighted by Gasteiger charge is 2.23. The number of piperidine rings is 1. The lowest BCUT2D eigenvalue weighted by Crippen LogP contribution is -2.47. The fourth-order valence-corrected chi connectivity index (χ4v) is 3.51. The van der Waals surface area contributed by atoms with Gasteiger partial charge in [0.25, 0.3) is 0 Å². The summed E-state index contributed by atoms with van der Waals surface area (Å²) in [7, 11) is 2.61. The summed E-state index contributed by atoms with van der Waals surface area (Å²) in [6, 6.07) is 0. The average Bonchev–Trinajstić information content (AvgIpc) is 2.51. The highest BCUT2D eigenvalue weighted by atomic mass is 32.2. The normalized spacial score (nSPS) is 18.7. The standard InChI is InChI=1S/C16H32N4O2S/c1-16(2,3)23(22)11-8-19-15(18-5)20-9-6-13(7-10-20)12-14(21)17-4/h13H,6-12H2,1-5H3,(H,17,21)(H,18,19). The molecule has 6 nitrogen and oxygen atoms in total. The molecular weight excluding hydrogens is 312 g/mol. The zero-order valence-electron chi connectivity index (χ0n) is 15.1. The Kier molecular flexibility index (Phi) is 8.02. The van der Waals surface area contributed by atoms with Gasteiger partial charge in [0, 0.05) is 61.4 Å². The zero-order chi connectivity index (χ0) is 17.5. The molecule has 1 atom stereocenters. The first-order valence-corrected chi connectivity index (χ1v) is 9.64. The molecule has 1 fully saturated rings. The molecule has 23 heavy (non-hydrogen) atoms. The van der Waals surface area contributed by atoms with Gasteiger partial charge < -0.3 is 15.5 Å². The first kappa shape index (κ1) is 19.9. The second kappa shape index (κ2) is 9.25. The maximum absolute atomic E-state index is 12.1. The number of rotatable bonds is 5. The van der Waals surface area contributed by atoms with Crippen LogP contribution >= 0.6 is 0 Å².